The summed E-state index contributed by atoms with van der Waals surface area (Å²) in [6.45, 7) is 2.02. The Bertz CT molecular complexity index is 1160. The highest BCUT2D eigenvalue weighted by molar-refractivity contribution is 7.92. The highest BCUT2D eigenvalue weighted by Crippen LogP contribution is 2.23. The molecule has 3 aromatic rings. The lowest BCUT2D eigenvalue weighted by molar-refractivity contribution is 0.601. The van der Waals surface area contributed by atoms with Crippen LogP contribution in [0.5, 0.6) is 0 Å². The van der Waals surface area contributed by atoms with E-state index in [1.54, 1.807) is 30.3 Å². The highest BCUT2D eigenvalue weighted by atomic mass is 32.2. The van der Waals surface area contributed by atoms with Crippen molar-refractivity contribution in [1.29, 1.82) is 0 Å². The summed E-state index contributed by atoms with van der Waals surface area (Å²) in [5, 5.41) is 4.33. The molecule has 30 heavy (non-hydrogen) atoms. The van der Waals surface area contributed by atoms with Gasteiger partial charge in [0.25, 0.3) is 10.0 Å². The van der Waals surface area contributed by atoms with E-state index in [0.717, 1.165) is 17.5 Å². The predicted molar refractivity (Wildman–Crippen MR) is 125 cm³/mol. The SMILES string of the molecule is CCc1ccc(S(=O)(=O)Nc2ccccc2/C(=N/NC(N)=S)c2ccccc2)cc1. The fourth-order valence-corrected chi connectivity index (χ4v) is 4.00. The molecular formula is C22H22N4O2S2. The molecule has 0 saturated heterocycles. The molecule has 3 rings (SSSR count). The molecule has 0 spiro atoms. The monoisotopic (exact) mass is 438 g/mol. The number of nitrogens with two attached hydrogens (primary N) is 1. The van der Waals surface area contributed by atoms with Crippen LogP contribution in [0.25, 0.3) is 0 Å². The van der Waals surface area contributed by atoms with Crippen LogP contribution in [0.4, 0.5) is 5.69 Å². The largest absolute Gasteiger partial charge is 0.375 e. The molecular weight excluding hydrogens is 416 g/mol. The minimum atomic E-state index is -3.78. The summed E-state index contributed by atoms with van der Waals surface area (Å²) in [4.78, 5) is 0.189. The molecule has 154 valence electrons. The zero-order valence-corrected chi connectivity index (χ0v) is 18.0. The molecule has 0 aliphatic heterocycles. The average molecular weight is 439 g/mol. The molecule has 0 aromatic heterocycles. The van der Waals surface area contributed by atoms with Gasteiger partial charge in [0.05, 0.1) is 16.3 Å². The standard InChI is InChI=1S/C22H22N4O2S2/c1-2-16-12-14-18(15-13-16)30(27,28)26-20-11-7-6-10-19(20)21(24-25-22(23)29)17-8-4-3-5-9-17/h3-15,26H,2H2,1H3,(H3,23,25,29)/b24-21+. The number of hydrogen-bond donors (Lipinski definition) is 3. The number of thiocarbonyl (C=S) groups is 1. The van der Waals surface area contributed by atoms with E-state index in [2.05, 4.69) is 15.2 Å². The molecule has 0 bridgehead atoms. The lowest BCUT2D eigenvalue weighted by atomic mass is 10.0. The molecule has 6 nitrogen and oxygen atoms in total. The number of nitrogens with one attached hydrogen (secondary N) is 2. The van der Waals surface area contributed by atoms with E-state index in [-0.39, 0.29) is 10.0 Å². The first-order valence-corrected chi connectivity index (χ1v) is 11.2. The third-order valence-corrected chi connectivity index (χ3v) is 5.87. The number of hydrazone groups is 1. The molecule has 0 atom stereocenters. The van der Waals surface area contributed by atoms with Crippen molar-refractivity contribution < 1.29 is 8.42 Å². The van der Waals surface area contributed by atoms with E-state index in [1.807, 2.05) is 55.5 Å². The number of hydrogen-bond acceptors (Lipinski definition) is 4. The fraction of sp³-hybridized carbons (Fsp3) is 0.0909. The number of aryl methyl sites for hydroxylation is 1. The summed E-state index contributed by atoms with van der Waals surface area (Å²) in [6, 6.07) is 23.2. The second kappa shape index (κ2) is 9.51. The van der Waals surface area contributed by atoms with Crippen molar-refractivity contribution in [1.82, 2.24) is 5.43 Å². The Balaban J connectivity index is 2.03. The van der Waals surface area contributed by atoms with E-state index in [0.29, 0.717) is 17.0 Å². The lowest BCUT2D eigenvalue weighted by Gasteiger charge is -2.15. The molecule has 0 amide bonds. The minimum absolute atomic E-state index is 0.0116. The third-order valence-electron chi connectivity index (χ3n) is 4.39. The minimum Gasteiger partial charge on any atom is -0.375 e. The van der Waals surface area contributed by atoms with Crippen molar-refractivity contribution in [2.75, 3.05) is 4.72 Å². The van der Waals surface area contributed by atoms with Gasteiger partial charge in [-0.05, 0) is 42.4 Å². The van der Waals surface area contributed by atoms with Gasteiger partial charge in [-0.1, -0.05) is 67.6 Å². The van der Waals surface area contributed by atoms with Crippen LogP contribution in [0.15, 0.2) is 88.9 Å². The van der Waals surface area contributed by atoms with Gasteiger partial charge in [-0.2, -0.15) is 5.10 Å². The molecule has 0 heterocycles. The third kappa shape index (κ3) is 5.22. The van der Waals surface area contributed by atoms with Gasteiger partial charge in [-0.3, -0.25) is 10.1 Å². The normalized spacial score (nSPS) is 11.7. The van der Waals surface area contributed by atoms with E-state index in [9.17, 15) is 8.42 Å². The van der Waals surface area contributed by atoms with Gasteiger partial charge < -0.3 is 5.73 Å². The molecule has 4 N–H and O–H groups in total. The average Bonchev–Trinajstić information content (AvgIpc) is 2.75. The number of rotatable bonds is 7. The van der Waals surface area contributed by atoms with Crippen LogP contribution >= 0.6 is 12.2 Å². The van der Waals surface area contributed by atoms with E-state index >= 15 is 0 Å². The topological polar surface area (TPSA) is 96.6 Å². The van der Waals surface area contributed by atoms with Crippen LogP contribution in [0.2, 0.25) is 0 Å². The number of benzene rings is 3. The van der Waals surface area contributed by atoms with E-state index < -0.39 is 10.0 Å². The van der Waals surface area contributed by atoms with Crippen LogP contribution in [-0.4, -0.2) is 19.2 Å². The Hall–Kier alpha value is -3.23. The van der Waals surface area contributed by atoms with Crippen LogP contribution in [0, 0.1) is 0 Å². The van der Waals surface area contributed by atoms with Gasteiger partial charge in [0, 0.05) is 11.1 Å². The molecule has 0 radical (unpaired) electrons. The summed E-state index contributed by atoms with van der Waals surface area (Å²) in [7, 11) is -3.78. The predicted octanol–water partition coefficient (Wildman–Crippen LogP) is 3.64. The molecule has 0 aliphatic carbocycles. The fourth-order valence-electron chi connectivity index (χ4n) is 2.87. The second-order valence-corrected chi connectivity index (χ2v) is 8.57. The number of anilines is 1. The first-order valence-electron chi connectivity index (χ1n) is 9.30. The van der Waals surface area contributed by atoms with Crippen molar-refractivity contribution in [3.63, 3.8) is 0 Å². The molecule has 8 heteroatoms. The van der Waals surface area contributed by atoms with Crippen molar-refractivity contribution in [3.05, 3.63) is 95.6 Å². The summed E-state index contributed by atoms with van der Waals surface area (Å²) in [5.74, 6) is 0. The lowest BCUT2D eigenvalue weighted by Crippen LogP contribution is -2.26. The van der Waals surface area contributed by atoms with Gasteiger partial charge >= 0.3 is 0 Å². The molecule has 0 unspecified atom stereocenters. The first-order chi connectivity index (χ1) is 14.4. The Morgan fingerprint density at radius 1 is 0.967 bits per heavy atom. The maximum absolute atomic E-state index is 13.0. The van der Waals surface area contributed by atoms with Crippen LogP contribution in [-0.2, 0) is 16.4 Å². The quantitative estimate of drug-likeness (QED) is 0.297. The maximum Gasteiger partial charge on any atom is 0.261 e. The smallest absolute Gasteiger partial charge is 0.261 e. The van der Waals surface area contributed by atoms with Gasteiger partial charge in [-0.25, -0.2) is 8.42 Å². The van der Waals surface area contributed by atoms with E-state index in [1.165, 1.54) is 0 Å². The Morgan fingerprint density at radius 2 is 1.60 bits per heavy atom. The number of nitrogens with zero attached hydrogens (tertiary/aromatic N) is 1. The summed E-state index contributed by atoms with van der Waals surface area (Å²) < 4.78 is 28.6. The molecule has 0 saturated carbocycles. The van der Waals surface area contributed by atoms with Gasteiger partial charge in [0.1, 0.15) is 0 Å². The summed E-state index contributed by atoms with van der Waals surface area (Å²) in [6.07, 6.45) is 0.837. The number of sulfonamides is 1. The second-order valence-electron chi connectivity index (χ2n) is 6.45. The van der Waals surface area contributed by atoms with Crippen molar-refractivity contribution in [2.24, 2.45) is 10.8 Å². The van der Waals surface area contributed by atoms with Gasteiger partial charge in [-0.15, -0.1) is 0 Å². The van der Waals surface area contributed by atoms with Crippen molar-refractivity contribution in [3.8, 4) is 0 Å². The van der Waals surface area contributed by atoms with E-state index in [4.69, 9.17) is 18.0 Å². The van der Waals surface area contributed by atoms with Crippen molar-refractivity contribution >= 4 is 38.8 Å². The summed E-state index contributed by atoms with van der Waals surface area (Å²) in [5.41, 5.74) is 11.5. The first kappa shape index (κ1) is 21.5. The molecule has 3 aromatic carbocycles. The Morgan fingerprint density at radius 3 is 2.23 bits per heavy atom. The Kier molecular flexibility index (Phi) is 6.81. The zero-order valence-electron chi connectivity index (χ0n) is 16.4. The summed E-state index contributed by atoms with van der Waals surface area (Å²) >= 11 is 4.87. The van der Waals surface area contributed by atoms with Gasteiger partial charge in [0.15, 0.2) is 5.11 Å². The highest BCUT2D eigenvalue weighted by Gasteiger charge is 2.18. The Labute approximate surface area is 181 Å². The maximum atomic E-state index is 13.0. The number of para-hydroxylation sites is 1. The van der Waals surface area contributed by atoms with Crippen molar-refractivity contribution in [2.45, 2.75) is 18.2 Å². The molecule has 0 aliphatic rings. The van der Waals surface area contributed by atoms with Crippen LogP contribution in [0.1, 0.15) is 23.6 Å². The van der Waals surface area contributed by atoms with Crippen LogP contribution in [0.3, 0.4) is 0 Å². The van der Waals surface area contributed by atoms with Crippen LogP contribution < -0.4 is 15.9 Å². The zero-order chi connectivity index (χ0) is 21.6. The van der Waals surface area contributed by atoms with Gasteiger partial charge in [0.2, 0.25) is 0 Å². The molecule has 0 fully saturated rings.